The van der Waals surface area contributed by atoms with E-state index in [1.54, 1.807) is 0 Å². The zero-order chi connectivity index (χ0) is 21.6. The number of hydrogen-bond donors (Lipinski definition) is 1. The molecule has 3 rings (SSSR count). The maximum atomic E-state index is 9.41. The Bertz CT molecular complexity index is 1040. The Morgan fingerprint density at radius 3 is 2.07 bits per heavy atom. The van der Waals surface area contributed by atoms with Crippen molar-refractivity contribution in [3.8, 4) is 11.1 Å². The summed E-state index contributed by atoms with van der Waals surface area (Å²) in [6.07, 6.45) is 2.64. The molecule has 0 aliphatic rings. The number of hydrogen-bond acceptors (Lipinski definition) is 6. The molecule has 3 aromatic rings. The minimum Gasteiger partial charge on any atom is -0.545 e. The normalized spacial score (nSPS) is 10.8. The van der Waals surface area contributed by atoms with Crippen LogP contribution in [0.5, 0.6) is 0 Å². The van der Waals surface area contributed by atoms with E-state index >= 15 is 0 Å². The van der Waals surface area contributed by atoms with Gasteiger partial charge in [-0.05, 0) is 47.6 Å². The van der Waals surface area contributed by atoms with Gasteiger partial charge in [0.2, 0.25) is 0 Å². The summed E-state index contributed by atoms with van der Waals surface area (Å²) in [6.45, 7) is 6.47. The molecule has 2 N–H and O–H groups in total. The van der Waals surface area contributed by atoms with Gasteiger partial charge >= 0.3 is 0 Å². The van der Waals surface area contributed by atoms with Gasteiger partial charge in [-0.3, -0.25) is 4.98 Å². The van der Waals surface area contributed by atoms with Crippen LogP contribution in [0.1, 0.15) is 31.0 Å². The first-order valence-corrected chi connectivity index (χ1v) is 9.05. The third-order valence-corrected chi connectivity index (χ3v) is 4.38. The number of pyridine rings is 1. The summed E-state index contributed by atoms with van der Waals surface area (Å²) in [5.41, 5.74) is 11.6. The number of rotatable bonds is 4. The van der Waals surface area contributed by atoms with Gasteiger partial charge in [0.1, 0.15) is 0 Å². The van der Waals surface area contributed by atoms with Crippen LogP contribution < -0.4 is 15.9 Å². The van der Waals surface area contributed by atoms with Gasteiger partial charge in [-0.2, -0.15) is 0 Å². The lowest BCUT2D eigenvalue weighted by Crippen LogP contribution is -2.23. The number of aliphatic carboxylic acids is 2. The maximum Gasteiger partial charge on any atom is 0.0643 e. The minimum absolute atomic E-state index is 0.384. The molecule has 0 aliphatic heterocycles. The van der Waals surface area contributed by atoms with Gasteiger partial charge in [-0.15, -0.1) is 0 Å². The Labute approximate surface area is 169 Å². The van der Waals surface area contributed by atoms with Crippen LogP contribution in [0.2, 0.25) is 0 Å². The summed E-state index contributed by atoms with van der Waals surface area (Å²) < 4.78 is 0. The molecule has 6 nitrogen and oxygen atoms in total. The molecule has 0 amide bonds. The number of carbonyl (C=O) groups excluding carboxylic acids is 2. The minimum atomic E-state index is -1.55. The number of fused-ring (bicyclic) bond motifs is 1. The van der Waals surface area contributed by atoms with Crippen molar-refractivity contribution in [2.24, 2.45) is 0 Å². The molecule has 6 heteroatoms. The highest BCUT2D eigenvalue weighted by Gasteiger charge is 2.10. The number of carbonyl (C=O) groups is 2. The van der Waals surface area contributed by atoms with Crippen molar-refractivity contribution in [1.29, 1.82) is 0 Å². The van der Waals surface area contributed by atoms with Gasteiger partial charge in [0.05, 0.1) is 11.9 Å². The van der Waals surface area contributed by atoms with Crippen molar-refractivity contribution >= 4 is 28.4 Å². The number of anilines is 1. The monoisotopic (exact) mass is 390 g/mol. The van der Waals surface area contributed by atoms with Crippen LogP contribution in [0.3, 0.4) is 0 Å². The molecular weight excluding hydrogens is 368 g/mol. The van der Waals surface area contributed by atoms with E-state index in [9.17, 15) is 19.8 Å². The fraction of sp³-hybridized carbons (Fsp3) is 0.174. The van der Waals surface area contributed by atoms with Crippen LogP contribution >= 0.6 is 0 Å². The van der Waals surface area contributed by atoms with E-state index in [0.29, 0.717) is 18.1 Å². The van der Waals surface area contributed by atoms with Crippen molar-refractivity contribution in [2.75, 3.05) is 5.73 Å². The molecule has 0 atom stereocenters. The van der Waals surface area contributed by atoms with Crippen LogP contribution in [0, 0.1) is 6.92 Å². The molecule has 2 aromatic carbocycles. The summed E-state index contributed by atoms with van der Waals surface area (Å²) in [4.78, 5) is 23.4. The number of carboxylic acids is 2. The molecule has 0 unspecified atom stereocenters. The van der Waals surface area contributed by atoms with Crippen LogP contribution in [0.4, 0.5) is 5.69 Å². The van der Waals surface area contributed by atoms with Crippen LogP contribution in [0.15, 0.2) is 60.8 Å². The van der Waals surface area contributed by atoms with Gasteiger partial charge in [0.15, 0.2) is 0 Å². The third-order valence-electron chi connectivity index (χ3n) is 4.38. The molecule has 0 fully saturated rings. The average Bonchev–Trinajstić information content (AvgIpc) is 2.67. The fourth-order valence-corrected chi connectivity index (χ4v) is 2.90. The zero-order valence-electron chi connectivity index (χ0n) is 16.5. The number of benzene rings is 2. The predicted molar refractivity (Wildman–Crippen MR) is 110 cm³/mol. The van der Waals surface area contributed by atoms with Crippen molar-refractivity contribution in [1.82, 2.24) is 4.98 Å². The molecule has 0 radical (unpaired) electrons. The average molecular weight is 390 g/mol. The fourth-order valence-electron chi connectivity index (χ4n) is 2.90. The summed E-state index contributed by atoms with van der Waals surface area (Å²) >= 11 is 0. The van der Waals surface area contributed by atoms with E-state index in [-0.39, 0.29) is 0 Å². The number of carboxylic acid groups (broad SMARTS) is 2. The van der Waals surface area contributed by atoms with Crippen molar-refractivity contribution < 1.29 is 19.8 Å². The predicted octanol–water partition coefficient (Wildman–Crippen LogP) is 1.96. The quantitative estimate of drug-likeness (QED) is 0.537. The lowest BCUT2D eigenvalue weighted by atomic mass is 9.94. The van der Waals surface area contributed by atoms with Gasteiger partial charge in [-0.25, -0.2) is 0 Å². The highest BCUT2D eigenvalue weighted by molar-refractivity contribution is 6.02. The molecular formula is C23H22N2O4-2. The lowest BCUT2D eigenvalue weighted by molar-refractivity contribution is -0.301. The smallest absolute Gasteiger partial charge is 0.0643 e. The summed E-state index contributed by atoms with van der Waals surface area (Å²) in [7, 11) is 0. The van der Waals surface area contributed by atoms with E-state index in [1.807, 2.05) is 25.3 Å². The van der Waals surface area contributed by atoms with E-state index in [2.05, 4.69) is 49.2 Å². The number of nitrogens with two attached hydrogens (primary N) is 1. The molecule has 0 bridgehead atoms. The lowest BCUT2D eigenvalue weighted by Gasteiger charge is -2.12. The molecule has 29 heavy (non-hydrogen) atoms. The second-order valence-corrected chi connectivity index (χ2v) is 6.78. The zero-order valence-corrected chi connectivity index (χ0v) is 16.5. The number of aryl methyl sites for hydroxylation is 1. The van der Waals surface area contributed by atoms with Crippen molar-refractivity contribution in [3.63, 3.8) is 0 Å². The van der Waals surface area contributed by atoms with Gasteiger partial charge in [-0.1, -0.05) is 50.2 Å². The number of aromatic nitrogens is 1. The Balaban J connectivity index is 0.000000321. The molecule has 0 saturated carbocycles. The number of nitrogens with zero attached hydrogens (tertiary/aromatic N) is 1. The molecule has 0 aliphatic carbocycles. The molecule has 1 aromatic heterocycles. The molecule has 0 spiro atoms. The Morgan fingerprint density at radius 1 is 0.966 bits per heavy atom. The van der Waals surface area contributed by atoms with E-state index in [4.69, 9.17) is 5.73 Å². The van der Waals surface area contributed by atoms with Crippen LogP contribution in [-0.4, -0.2) is 16.9 Å². The summed E-state index contributed by atoms with van der Waals surface area (Å²) in [6, 6.07) is 14.8. The second kappa shape index (κ2) is 9.50. The van der Waals surface area contributed by atoms with Crippen molar-refractivity contribution in [2.45, 2.75) is 26.7 Å². The third kappa shape index (κ3) is 5.65. The van der Waals surface area contributed by atoms with Crippen molar-refractivity contribution in [3.05, 3.63) is 72.1 Å². The molecule has 1 heterocycles. The topological polar surface area (TPSA) is 119 Å². The SMILES string of the molecule is Cc1ncc2c(N)cccc2c1-c1ccc(C(C)C)cc1.O=C([O-])/C=C\C(=O)[O-]. The summed E-state index contributed by atoms with van der Waals surface area (Å²) in [5, 5.41) is 21.0. The highest BCUT2D eigenvalue weighted by Crippen LogP contribution is 2.33. The Kier molecular flexibility index (Phi) is 7.09. The largest absolute Gasteiger partial charge is 0.545 e. The van der Waals surface area contributed by atoms with E-state index in [0.717, 1.165) is 16.8 Å². The standard InChI is InChI=1S/C19H20N2.C4H4O4/c1-12(2)14-7-9-15(10-8-14)19-13(3)21-11-17-16(19)5-4-6-18(17)20;5-3(6)1-2-4(7)8/h4-12H,20H2,1-3H3;1-2H,(H,5,6)(H,7,8)/p-2/b;2-1-. The molecule has 150 valence electrons. The Morgan fingerprint density at radius 2 is 1.55 bits per heavy atom. The first-order chi connectivity index (χ1) is 13.7. The molecule has 0 saturated heterocycles. The second-order valence-electron chi connectivity index (χ2n) is 6.78. The van der Waals surface area contributed by atoms with Crippen LogP contribution in [-0.2, 0) is 9.59 Å². The van der Waals surface area contributed by atoms with Crippen LogP contribution in [0.25, 0.3) is 21.9 Å². The number of nitrogen functional groups attached to an aromatic ring is 1. The van der Waals surface area contributed by atoms with Gasteiger partial charge in [0, 0.05) is 28.5 Å². The van der Waals surface area contributed by atoms with Gasteiger partial charge < -0.3 is 25.5 Å². The highest BCUT2D eigenvalue weighted by atomic mass is 16.4. The van der Waals surface area contributed by atoms with E-state index in [1.165, 1.54) is 22.1 Å². The first kappa shape index (κ1) is 21.6. The van der Waals surface area contributed by atoms with E-state index < -0.39 is 11.9 Å². The van der Waals surface area contributed by atoms with Gasteiger partial charge in [0.25, 0.3) is 0 Å². The maximum absolute atomic E-state index is 9.41. The Hall–Kier alpha value is -3.67. The first-order valence-electron chi connectivity index (χ1n) is 9.05. The summed E-state index contributed by atoms with van der Waals surface area (Å²) in [5.74, 6) is -2.55.